The standard InChI is InChI=1S/C22H30N2O4/c1-15-11-19(20(22(26)27)12-16(15)2)21(25)24-9-7-23(8-10-24)14-17-5-4-6-18(13-17)28-3/h4-6,13,19-20H,7-12,14H2,1-3H3,(H,26,27)/t19-,20-/m0/s1. The zero-order valence-electron chi connectivity index (χ0n) is 17.0. The number of hydrogen-bond donors (Lipinski definition) is 1. The Morgan fingerprint density at radius 3 is 2.39 bits per heavy atom. The molecule has 2 atom stereocenters. The van der Waals surface area contributed by atoms with Gasteiger partial charge in [0, 0.05) is 17.5 Å². The van der Waals surface area contributed by atoms with E-state index in [2.05, 4.69) is 12.1 Å². The van der Waals surface area contributed by atoms with E-state index in [4.69, 9.17) is 4.74 Å². The molecule has 1 fully saturated rings. The van der Waals surface area contributed by atoms with Gasteiger partial charge in [-0.1, -0.05) is 23.3 Å². The number of benzene rings is 1. The molecule has 3 rings (SSSR count). The van der Waals surface area contributed by atoms with E-state index in [-0.39, 0.29) is 5.91 Å². The molecule has 152 valence electrons. The lowest BCUT2D eigenvalue weighted by Crippen LogP contribution is -3.13. The van der Waals surface area contributed by atoms with Gasteiger partial charge in [0.25, 0.3) is 0 Å². The van der Waals surface area contributed by atoms with Crippen molar-refractivity contribution in [1.82, 2.24) is 4.90 Å². The maximum atomic E-state index is 13.1. The molecule has 0 spiro atoms. The maximum Gasteiger partial charge on any atom is 0.227 e. The molecule has 6 nitrogen and oxygen atoms in total. The smallest absolute Gasteiger partial charge is 0.227 e. The Balaban J connectivity index is 1.59. The Morgan fingerprint density at radius 2 is 1.79 bits per heavy atom. The molecule has 1 aromatic rings. The number of carboxylic acid groups (broad SMARTS) is 1. The number of aliphatic carboxylic acids is 1. The molecule has 1 heterocycles. The van der Waals surface area contributed by atoms with Crippen LogP contribution in [0.5, 0.6) is 5.75 Å². The minimum Gasteiger partial charge on any atom is -0.550 e. The Bertz CT molecular complexity index is 766. The summed E-state index contributed by atoms with van der Waals surface area (Å²) in [5.74, 6) is -1.48. The highest BCUT2D eigenvalue weighted by Gasteiger charge is 2.37. The number of carboxylic acids is 1. The highest BCUT2D eigenvalue weighted by atomic mass is 16.5. The number of hydrogen-bond acceptors (Lipinski definition) is 4. The van der Waals surface area contributed by atoms with Gasteiger partial charge in [-0.15, -0.1) is 0 Å². The Morgan fingerprint density at radius 1 is 1.14 bits per heavy atom. The molecule has 1 saturated heterocycles. The topological polar surface area (TPSA) is 74.1 Å². The van der Waals surface area contributed by atoms with Gasteiger partial charge in [-0.3, -0.25) is 4.79 Å². The first-order chi connectivity index (χ1) is 13.4. The number of ether oxygens (including phenoxy) is 1. The van der Waals surface area contributed by atoms with Crippen LogP contribution in [0, 0.1) is 11.8 Å². The number of carbonyl (C=O) groups is 2. The van der Waals surface area contributed by atoms with Crippen LogP contribution < -0.4 is 14.7 Å². The van der Waals surface area contributed by atoms with Gasteiger partial charge in [0.05, 0.1) is 39.2 Å². The number of quaternary nitrogens is 1. The van der Waals surface area contributed by atoms with Gasteiger partial charge < -0.3 is 24.4 Å². The summed E-state index contributed by atoms with van der Waals surface area (Å²) >= 11 is 0. The SMILES string of the molecule is COc1cccc(C[NH+]2CCN(C(=O)[C@H]3CC(C)=C(C)C[C@@H]3C(=O)[O-])CC2)c1. The van der Waals surface area contributed by atoms with Gasteiger partial charge >= 0.3 is 0 Å². The molecule has 0 saturated carbocycles. The summed E-state index contributed by atoms with van der Waals surface area (Å²) in [5.41, 5.74) is 3.43. The normalized spacial score (nSPS) is 23.6. The van der Waals surface area contributed by atoms with Crippen LogP contribution in [0.3, 0.4) is 0 Å². The van der Waals surface area contributed by atoms with Crippen LogP contribution in [0.25, 0.3) is 0 Å². The molecule has 28 heavy (non-hydrogen) atoms. The van der Waals surface area contributed by atoms with E-state index in [1.54, 1.807) is 7.11 Å². The molecular formula is C22H30N2O4. The van der Waals surface area contributed by atoms with Crippen LogP contribution in [-0.4, -0.2) is 50.1 Å². The zero-order valence-corrected chi connectivity index (χ0v) is 17.0. The summed E-state index contributed by atoms with van der Waals surface area (Å²) in [5, 5.41) is 11.6. The number of piperazine rings is 1. The first-order valence-corrected chi connectivity index (χ1v) is 10.0. The quantitative estimate of drug-likeness (QED) is 0.725. The highest BCUT2D eigenvalue weighted by molar-refractivity contribution is 5.85. The predicted molar refractivity (Wildman–Crippen MR) is 104 cm³/mol. The molecule has 1 N–H and O–H groups in total. The number of rotatable bonds is 5. The average Bonchev–Trinajstić information content (AvgIpc) is 2.69. The van der Waals surface area contributed by atoms with E-state index in [0.717, 1.165) is 36.5 Å². The lowest BCUT2D eigenvalue weighted by atomic mass is 9.76. The molecule has 0 aromatic heterocycles. The summed E-state index contributed by atoms with van der Waals surface area (Å²) in [4.78, 5) is 27.9. The number of methoxy groups -OCH3 is 1. The zero-order chi connectivity index (χ0) is 20.3. The Kier molecular flexibility index (Phi) is 6.39. The second-order valence-electron chi connectivity index (χ2n) is 8.10. The first-order valence-electron chi connectivity index (χ1n) is 10.0. The van der Waals surface area contributed by atoms with Crippen LogP contribution in [-0.2, 0) is 16.1 Å². The van der Waals surface area contributed by atoms with Gasteiger partial charge in [0.2, 0.25) is 5.91 Å². The van der Waals surface area contributed by atoms with E-state index in [1.807, 2.05) is 30.9 Å². The summed E-state index contributed by atoms with van der Waals surface area (Å²) in [6.45, 7) is 7.89. The van der Waals surface area contributed by atoms with E-state index < -0.39 is 17.8 Å². The van der Waals surface area contributed by atoms with Gasteiger partial charge in [0.1, 0.15) is 12.3 Å². The lowest BCUT2D eigenvalue weighted by molar-refractivity contribution is -0.917. The van der Waals surface area contributed by atoms with E-state index in [1.165, 1.54) is 10.5 Å². The van der Waals surface area contributed by atoms with Gasteiger partial charge in [-0.25, -0.2) is 0 Å². The Labute approximate surface area is 166 Å². The van der Waals surface area contributed by atoms with Crippen molar-refractivity contribution >= 4 is 11.9 Å². The summed E-state index contributed by atoms with van der Waals surface area (Å²) in [6, 6.07) is 8.07. The summed E-state index contributed by atoms with van der Waals surface area (Å²) in [6.07, 6.45) is 0.950. The minimum absolute atomic E-state index is 0.0264. The number of allylic oxidation sites excluding steroid dienone is 2. The first kappa shape index (κ1) is 20.4. The largest absolute Gasteiger partial charge is 0.550 e. The van der Waals surface area contributed by atoms with Gasteiger partial charge in [0.15, 0.2) is 0 Å². The van der Waals surface area contributed by atoms with Gasteiger partial charge in [-0.2, -0.15) is 0 Å². The van der Waals surface area contributed by atoms with E-state index in [0.29, 0.717) is 25.9 Å². The van der Waals surface area contributed by atoms with Crippen molar-refractivity contribution in [1.29, 1.82) is 0 Å². The third kappa shape index (κ3) is 4.55. The van der Waals surface area contributed by atoms with Crippen LogP contribution in [0.4, 0.5) is 0 Å². The number of nitrogens with one attached hydrogen (secondary N) is 1. The van der Waals surface area contributed by atoms with Crippen molar-refractivity contribution < 1.29 is 24.3 Å². The predicted octanol–water partition coefficient (Wildman–Crippen LogP) is 0.0348. The molecule has 2 aliphatic rings. The lowest BCUT2D eigenvalue weighted by Gasteiger charge is -2.38. The van der Waals surface area contributed by atoms with E-state index >= 15 is 0 Å². The molecule has 6 heteroatoms. The van der Waals surface area contributed by atoms with Crippen molar-refractivity contribution in [2.24, 2.45) is 11.8 Å². The fourth-order valence-electron chi connectivity index (χ4n) is 4.33. The van der Waals surface area contributed by atoms with Crippen LogP contribution >= 0.6 is 0 Å². The van der Waals surface area contributed by atoms with Crippen molar-refractivity contribution in [3.05, 3.63) is 41.0 Å². The van der Waals surface area contributed by atoms with Gasteiger partial charge in [-0.05, 0) is 38.8 Å². The molecule has 0 unspecified atom stereocenters. The van der Waals surface area contributed by atoms with E-state index in [9.17, 15) is 14.7 Å². The summed E-state index contributed by atoms with van der Waals surface area (Å²) in [7, 11) is 1.67. The molecule has 1 aliphatic carbocycles. The molecule has 0 radical (unpaired) electrons. The van der Waals surface area contributed by atoms with Crippen molar-refractivity contribution in [3.8, 4) is 5.75 Å². The van der Waals surface area contributed by atoms with Crippen molar-refractivity contribution in [2.75, 3.05) is 33.3 Å². The third-order valence-corrected chi connectivity index (χ3v) is 6.26. The second-order valence-corrected chi connectivity index (χ2v) is 8.10. The number of amides is 1. The minimum atomic E-state index is -1.10. The maximum absolute atomic E-state index is 13.1. The van der Waals surface area contributed by atoms with Crippen LogP contribution in [0.15, 0.2) is 35.4 Å². The average molecular weight is 386 g/mol. The van der Waals surface area contributed by atoms with Crippen molar-refractivity contribution in [3.63, 3.8) is 0 Å². The third-order valence-electron chi connectivity index (χ3n) is 6.26. The van der Waals surface area contributed by atoms with Crippen LogP contribution in [0.2, 0.25) is 0 Å². The molecule has 1 amide bonds. The number of carbonyl (C=O) groups excluding carboxylic acids is 2. The molecule has 1 aliphatic heterocycles. The highest BCUT2D eigenvalue weighted by Crippen LogP contribution is 2.35. The molecule has 1 aromatic carbocycles. The molecular weight excluding hydrogens is 356 g/mol. The van der Waals surface area contributed by atoms with Crippen molar-refractivity contribution in [2.45, 2.75) is 33.2 Å². The fourth-order valence-corrected chi connectivity index (χ4v) is 4.33. The number of nitrogens with zero attached hydrogens (tertiary/aromatic N) is 1. The Hall–Kier alpha value is -2.34. The fraction of sp³-hybridized carbons (Fsp3) is 0.545. The summed E-state index contributed by atoms with van der Waals surface area (Å²) < 4.78 is 5.29. The molecule has 0 bridgehead atoms. The van der Waals surface area contributed by atoms with Crippen LogP contribution in [0.1, 0.15) is 32.3 Å². The monoisotopic (exact) mass is 386 g/mol. The second kappa shape index (κ2) is 8.78.